The van der Waals surface area contributed by atoms with E-state index in [1.54, 1.807) is 18.2 Å². The second-order valence-corrected chi connectivity index (χ2v) is 7.80. The van der Waals surface area contributed by atoms with Crippen LogP contribution in [0.15, 0.2) is 35.1 Å². The van der Waals surface area contributed by atoms with Crippen molar-refractivity contribution < 1.29 is 22.7 Å². The van der Waals surface area contributed by atoms with Crippen LogP contribution in [-0.4, -0.2) is 49.8 Å². The maximum atomic E-state index is 12.3. The Morgan fingerprint density at radius 3 is 2.65 bits per heavy atom. The number of carbonyl (C=O) groups excluding carboxylic acids is 2. The highest BCUT2D eigenvalue weighted by molar-refractivity contribution is 7.89. The van der Waals surface area contributed by atoms with Gasteiger partial charge in [-0.2, -0.15) is 0 Å². The predicted octanol–water partition coefficient (Wildman–Crippen LogP) is 0.270. The molecule has 0 spiro atoms. The van der Waals surface area contributed by atoms with Crippen molar-refractivity contribution in [1.82, 2.24) is 9.29 Å². The fourth-order valence-corrected chi connectivity index (χ4v) is 3.79. The van der Waals surface area contributed by atoms with E-state index in [9.17, 15) is 22.8 Å². The van der Waals surface area contributed by atoms with Crippen molar-refractivity contribution in [2.75, 3.05) is 24.2 Å². The number of hydrogen-bond donors (Lipinski definition) is 1. The summed E-state index contributed by atoms with van der Waals surface area (Å²) < 4.78 is 30.2. The van der Waals surface area contributed by atoms with Gasteiger partial charge in [0.25, 0.3) is 5.56 Å². The first kappa shape index (κ1) is 17.9. The quantitative estimate of drug-likeness (QED) is 0.815. The molecule has 1 saturated heterocycles. The van der Waals surface area contributed by atoms with Crippen molar-refractivity contribution in [2.45, 2.75) is 13.0 Å². The van der Waals surface area contributed by atoms with E-state index in [-0.39, 0.29) is 30.2 Å². The van der Waals surface area contributed by atoms with Crippen LogP contribution in [0.4, 0.5) is 10.5 Å². The van der Waals surface area contributed by atoms with Gasteiger partial charge in [0.1, 0.15) is 6.10 Å². The monoisotopic (exact) mass is 379 g/mol. The molecule has 1 atom stereocenters. The second kappa shape index (κ2) is 6.45. The lowest BCUT2D eigenvalue weighted by atomic mass is 10.1. The van der Waals surface area contributed by atoms with E-state index >= 15 is 0 Å². The molecular formula is C16H17N3O6S. The molecule has 1 aliphatic heterocycles. The van der Waals surface area contributed by atoms with E-state index in [1.165, 1.54) is 17.9 Å². The van der Waals surface area contributed by atoms with Gasteiger partial charge >= 0.3 is 6.09 Å². The van der Waals surface area contributed by atoms with Crippen molar-refractivity contribution in [3.63, 3.8) is 0 Å². The molecule has 3 rings (SSSR count). The Labute approximate surface area is 149 Å². The molecule has 138 valence electrons. The molecule has 0 bridgehead atoms. The summed E-state index contributed by atoms with van der Waals surface area (Å²) in [5, 5.41) is 3.06. The smallest absolute Gasteiger partial charge is 0.414 e. The van der Waals surface area contributed by atoms with Gasteiger partial charge < -0.3 is 10.1 Å². The molecule has 2 aromatic rings. The zero-order chi connectivity index (χ0) is 19.1. The normalized spacial score (nSPS) is 17.4. The van der Waals surface area contributed by atoms with Crippen molar-refractivity contribution in [3.8, 4) is 0 Å². The number of benzene rings is 1. The number of rotatable bonds is 4. The van der Waals surface area contributed by atoms with Crippen LogP contribution in [0.2, 0.25) is 0 Å². The minimum atomic E-state index is -3.90. The highest BCUT2D eigenvalue weighted by Gasteiger charge is 2.34. The Kier molecular flexibility index (Phi) is 4.45. The first-order valence-corrected chi connectivity index (χ1v) is 9.61. The molecule has 1 N–H and O–H groups in total. The van der Waals surface area contributed by atoms with E-state index in [0.29, 0.717) is 9.36 Å². The third-order valence-corrected chi connectivity index (χ3v) is 4.96. The molecule has 2 heterocycles. The van der Waals surface area contributed by atoms with Crippen LogP contribution >= 0.6 is 0 Å². The number of nitrogens with zero attached hydrogens (tertiary/aromatic N) is 2. The van der Waals surface area contributed by atoms with Crippen molar-refractivity contribution in [2.24, 2.45) is 0 Å². The lowest BCUT2D eigenvalue weighted by Crippen LogP contribution is -2.33. The number of nitrogens with one attached hydrogen (secondary N) is 1. The Bertz CT molecular complexity index is 1060. The molecule has 1 aliphatic rings. The van der Waals surface area contributed by atoms with Crippen molar-refractivity contribution in [3.05, 3.63) is 40.7 Å². The highest BCUT2D eigenvalue weighted by atomic mass is 32.2. The van der Waals surface area contributed by atoms with Gasteiger partial charge in [0, 0.05) is 18.4 Å². The maximum Gasteiger partial charge on any atom is 0.414 e. The predicted molar refractivity (Wildman–Crippen MR) is 94.7 cm³/mol. The molecule has 1 aromatic carbocycles. The molecule has 26 heavy (non-hydrogen) atoms. The summed E-state index contributed by atoms with van der Waals surface area (Å²) in [4.78, 5) is 36.7. The molecule has 10 heteroatoms. The third kappa shape index (κ3) is 3.27. The Balaban J connectivity index is 2.12. The molecule has 1 aromatic heterocycles. The van der Waals surface area contributed by atoms with Crippen LogP contribution in [0, 0.1) is 0 Å². The molecule has 1 fully saturated rings. The lowest BCUT2D eigenvalue weighted by Gasteiger charge is -2.18. The van der Waals surface area contributed by atoms with Crippen LogP contribution in [0.1, 0.15) is 6.92 Å². The average Bonchev–Trinajstić information content (AvgIpc) is 2.91. The Hall–Kier alpha value is -2.88. The van der Waals surface area contributed by atoms with Gasteiger partial charge in [-0.1, -0.05) is 12.1 Å². The zero-order valence-electron chi connectivity index (χ0n) is 14.1. The van der Waals surface area contributed by atoms with Crippen LogP contribution in [-0.2, 0) is 19.6 Å². The molecule has 9 nitrogen and oxygen atoms in total. The Morgan fingerprint density at radius 2 is 2.00 bits per heavy atom. The molecule has 0 unspecified atom stereocenters. The summed E-state index contributed by atoms with van der Waals surface area (Å²) >= 11 is 0. The molecule has 0 radical (unpaired) electrons. The summed E-state index contributed by atoms with van der Waals surface area (Å²) in [6, 6.07) is 7.51. The minimum Gasteiger partial charge on any atom is -0.442 e. The van der Waals surface area contributed by atoms with Gasteiger partial charge in [-0.05, 0) is 12.1 Å². The maximum absolute atomic E-state index is 12.3. The third-order valence-electron chi connectivity index (χ3n) is 3.93. The summed E-state index contributed by atoms with van der Waals surface area (Å²) in [5.41, 5.74) is -0.351. The van der Waals surface area contributed by atoms with Gasteiger partial charge in [0.05, 0.1) is 30.5 Å². The van der Waals surface area contributed by atoms with Gasteiger partial charge in [-0.25, -0.2) is 17.2 Å². The fourth-order valence-electron chi connectivity index (χ4n) is 2.87. The van der Waals surface area contributed by atoms with Crippen LogP contribution < -0.4 is 15.8 Å². The number of para-hydroxylation sites is 1. The van der Waals surface area contributed by atoms with E-state index in [1.807, 2.05) is 0 Å². The molecule has 0 saturated carbocycles. The summed E-state index contributed by atoms with van der Waals surface area (Å²) in [7, 11) is -3.90. The molecular weight excluding hydrogens is 362 g/mol. The number of pyridine rings is 1. The standard InChI is InChI=1S/C16H17N3O6S/c1-10(20)17-8-12-9-18(16(22)25-12)13-5-3-4-11-6-7-14(21)19(15(11)13)26(2,23)24/h3-7,12H,8-9H2,1-2H3,(H,17,20)/t12-/m0/s1. The fraction of sp³-hybridized carbons (Fsp3) is 0.312. The summed E-state index contributed by atoms with van der Waals surface area (Å²) in [5.74, 6) is -0.254. The largest absolute Gasteiger partial charge is 0.442 e. The van der Waals surface area contributed by atoms with Gasteiger partial charge in [-0.3, -0.25) is 14.5 Å². The molecule has 0 aliphatic carbocycles. The number of anilines is 1. The van der Waals surface area contributed by atoms with Gasteiger partial charge in [-0.15, -0.1) is 0 Å². The topological polar surface area (TPSA) is 115 Å². The first-order valence-electron chi connectivity index (χ1n) is 7.76. The number of cyclic esters (lactones) is 1. The van der Waals surface area contributed by atoms with Crippen molar-refractivity contribution in [1.29, 1.82) is 0 Å². The first-order chi connectivity index (χ1) is 12.2. The number of amides is 2. The van der Waals surface area contributed by atoms with E-state index in [2.05, 4.69) is 5.32 Å². The second-order valence-electron chi connectivity index (χ2n) is 5.97. The highest BCUT2D eigenvalue weighted by Crippen LogP contribution is 2.29. The van der Waals surface area contributed by atoms with E-state index < -0.39 is 27.8 Å². The SMILES string of the molecule is CC(=O)NC[C@H]1CN(c2cccc3ccc(=O)n(S(C)(=O)=O)c23)C(=O)O1. The zero-order valence-corrected chi connectivity index (χ0v) is 14.9. The summed E-state index contributed by atoms with van der Waals surface area (Å²) in [6.07, 6.45) is -0.333. The number of aromatic nitrogens is 1. The van der Waals surface area contributed by atoms with Gasteiger partial charge in [0.15, 0.2) is 0 Å². The Morgan fingerprint density at radius 1 is 1.27 bits per heavy atom. The van der Waals surface area contributed by atoms with E-state index in [0.717, 1.165) is 12.3 Å². The van der Waals surface area contributed by atoms with Crippen LogP contribution in [0.3, 0.4) is 0 Å². The number of carbonyl (C=O) groups is 2. The number of fused-ring (bicyclic) bond motifs is 1. The lowest BCUT2D eigenvalue weighted by molar-refractivity contribution is -0.119. The van der Waals surface area contributed by atoms with Crippen molar-refractivity contribution >= 4 is 38.6 Å². The molecule has 2 amide bonds. The summed E-state index contributed by atoms with van der Waals surface area (Å²) in [6.45, 7) is 1.61. The van der Waals surface area contributed by atoms with Gasteiger partial charge in [0.2, 0.25) is 15.9 Å². The van der Waals surface area contributed by atoms with Crippen LogP contribution in [0.5, 0.6) is 0 Å². The van der Waals surface area contributed by atoms with Crippen LogP contribution in [0.25, 0.3) is 10.9 Å². The number of ether oxygens (including phenoxy) is 1. The van der Waals surface area contributed by atoms with E-state index in [4.69, 9.17) is 4.74 Å². The number of hydrogen-bond acceptors (Lipinski definition) is 6. The average molecular weight is 379 g/mol. The minimum absolute atomic E-state index is 0.111.